The van der Waals surface area contributed by atoms with Gasteiger partial charge in [-0.05, 0) is 42.0 Å². The summed E-state index contributed by atoms with van der Waals surface area (Å²) < 4.78 is 0. The lowest BCUT2D eigenvalue weighted by atomic mass is 9.92. The standard InChI is InChI=1S/C14H20O3/c1-8(2)12-7-11(5-10(4)14(16)17)13(15)6-9(12)3/h6-8,10,15H,5H2,1-4H3,(H,16,17). The molecule has 1 aromatic rings. The van der Waals surface area contributed by atoms with Crippen LogP contribution in [0.2, 0.25) is 0 Å². The molecular formula is C14H20O3. The van der Waals surface area contributed by atoms with E-state index in [1.807, 2.05) is 13.0 Å². The number of carboxylic acids is 1. The number of carboxylic acid groups (broad SMARTS) is 1. The van der Waals surface area contributed by atoms with Gasteiger partial charge in [0.2, 0.25) is 0 Å². The number of benzene rings is 1. The van der Waals surface area contributed by atoms with Gasteiger partial charge in [-0.2, -0.15) is 0 Å². The van der Waals surface area contributed by atoms with E-state index >= 15 is 0 Å². The maximum absolute atomic E-state index is 10.8. The Kier molecular flexibility index (Phi) is 4.16. The Hall–Kier alpha value is -1.51. The third kappa shape index (κ3) is 3.22. The van der Waals surface area contributed by atoms with Gasteiger partial charge in [-0.25, -0.2) is 0 Å². The molecule has 0 amide bonds. The predicted molar refractivity (Wildman–Crippen MR) is 67.4 cm³/mol. The van der Waals surface area contributed by atoms with Crippen LogP contribution in [0, 0.1) is 12.8 Å². The van der Waals surface area contributed by atoms with Gasteiger partial charge in [-0.1, -0.05) is 26.8 Å². The van der Waals surface area contributed by atoms with Gasteiger partial charge in [-0.15, -0.1) is 0 Å². The molecule has 2 N–H and O–H groups in total. The van der Waals surface area contributed by atoms with Crippen molar-refractivity contribution in [1.29, 1.82) is 0 Å². The highest BCUT2D eigenvalue weighted by Gasteiger charge is 2.16. The molecule has 0 radical (unpaired) electrons. The summed E-state index contributed by atoms with van der Waals surface area (Å²) >= 11 is 0. The van der Waals surface area contributed by atoms with Crippen LogP contribution in [-0.2, 0) is 11.2 Å². The molecule has 0 fully saturated rings. The van der Waals surface area contributed by atoms with Crippen LogP contribution in [-0.4, -0.2) is 16.2 Å². The van der Waals surface area contributed by atoms with Crippen molar-refractivity contribution in [3.63, 3.8) is 0 Å². The van der Waals surface area contributed by atoms with Crippen LogP contribution in [0.3, 0.4) is 0 Å². The molecule has 1 atom stereocenters. The molecule has 0 saturated carbocycles. The van der Waals surface area contributed by atoms with Crippen molar-refractivity contribution in [2.45, 2.75) is 40.0 Å². The molecule has 17 heavy (non-hydrogen) atoms. The van der Waals surface area contributed by atoms with E-state index in [9.17, 15) is 9.90 Å². The maximum Gasteiger partial charge on any atom is 0.306 e. The average molecular weight is 236 g/mol. The fraction of sp³-hybridized carbons (Fsp3) is 0.500. The van der Waals surface area contributed by atoms with Gasteiger partial charge in [0.25, 0.3) is 0 Å². The molecule has 3 heteroatoms. The second-order valence-corrected chi connectivity index (χ2v) is 4.94. The van der Waals surface area contributed by atoms with Crippen LogP contribution < -0.4 is 0 Å². The summed E-state index contributed by atoms with van der Waals surface area (Å²) in [5.74, 6) is -0.755. The zero-order chi connectivity index (χ0) is 13.2. The maximum atomic E-state index is 10.8. The van der Waals surface area contributed by atoms with Gasteiger partial charge < -0.3 is 10.2 Å². The molecular weight excluding hydrogens is 216 g/mol. The third-order valence-electron chi connectivity index (χ3n) is 3.04. The quantitative estimate of drug-likeness (QED) is 0.844. The smallest absolute Gasteiger partial charge is 0.306 e. The first kappa shape index (κ1) is 13.6. The lowest BCUT2D eigenvalue weighted by Crippen LogP contribution is -2.12. The number of hydrogen-bond acceptors (Lipinski definition) is 2. The molecule has 94 valence electrons. The molecule has 1 aromatic carbocycles. The van der Waals surface area contributed by atoms with Gasteiger partial charge in [0, 0.05) is 0 Å². The largest absolute Gasteiger partial charge is 0.508 e. The van der Waals surface area contributed by atoms with E-state index < -0.39 is 11.9 Å². The normalized spacial score (nSPS) is 12.8. The Labute approximate surface area is 102 Å². The fourth-order valence-corrected chi connectivity index (χ4v) is 1.96. The van der Waals surface area contributed by atoms with Crippen LogP contribution in [0.4, 0.5) is 0 Å². The minimum Gasteiger partial charge on any atom is -0.508 e. The molecule has 0 spiro atoms. The van der Waals surface area contributed by atoms with Crippen LogP contribution in [0.15, 0.2) is 12.1 Å². The Bertz CT molecular complexity index is 422. The van der Waals surface area contributed by atoms with Crippen molar-refractivity contribution < 1.29 is 15.0 Å². The number of hydrogen-bond donors (Lipinski definition) is 2. The molecule has 0 heterocycles. The molecule has 0 saturated heterocycles. The fourth-order valence-electron chi connectivity index (χ4n) is 1.96. The summed E-state index contributed by atoms with van der Waals surface area (Å²) in [7, 11) is 0. The Morgan fingerprint density at radius 1 is 1.29 bits per heavy atom. The van der Waals surface area contributed by atoms with Crippen LogP contribution in [0.5, 0.6) is 5.75 Å². The van der Waals surface area contributed by atoms with Gasteiger partial charge >= 0.3 is 5.97 Å². The molecule has 0 aromatic heterocycles. The molecule has 3 nitrogen and oxygen atoms in total. The number of carbonyl (C=O) groups is 1. The number of aromatic hydroxyl groups is 1. The Morgan fingerprint density at radius 3 is 2.35 bits per heavy atom. The van der Waals surface area contributed by atoms with Crippen molar-refractivity contribution in [3.8, 4) is 5.75 Å². The average Bonchev–Trinajstić information content (AvgIpc) is 2.21. The van der Waals surface area contributed by atoms with E-state index in [-0.39, 0.29) is 5.75 Å². The van der Waals surface area contributed by atoms with Crippen molar-refractivity contribution in [1.82, 2.24) is 0 Å². The van der Waals surface area contributed by atoms with E-state index in [2.05, 4.69) is 13.8 Å². The summed E-state index contributed by atoms with van der Waals surface area (Å²) in [6.45, 7) is 7.78. The van der Waals surface area contributed by atoms with Gasteiger partial charge in [0.15, 0.2) is 0 Å². The second kappa shape index (κ2) is 5.21. The molecule has 1 rings (SSSR count). The summed E-state index contributed by atoms with van der Waals surface area (Å²) in [5.41, 5.74) is 2.92. The first-order valence-electron chi connectivity index (χ1n) is 5.88. The molecule has 1 unspecified atom stereocenters. The molecule has 0 aliphatic heterocycles. The predicted octanol–water partition coefficient (Wildman–Crippen LogP) is 3.09. The first-order valence-corrected chi connectivity index (χ1v) is 5.88. The summed E-state index contributed by atoms with van der Waals surface area (Å²) in [5, 5.41) is 18.7. The monoisotopic (exact) mass is 236 g/mol. The Balaban J connectivity index is 3.07. The van der Waals surface area contributed by atoms with E-state index in [0.29, 0.717) is 17.9 Å². The van der Waals surface area contributed by atoms with E-state index in [0.717, 1.165) is 11.1 Å². The van der Waals surface area contributed by atoms with Crippen molar-refractivity contribution >= 4 is 5.97 Å². The highest BCUT2D eigenvalue weighted by atomic mass is 16.4. The summed E-state index contributed by atoms with van der Waals surface area (Å²) in [4.78, 5) is 10.8. The van der Waals surface area contributed by atoms with Crippen molar-refractivity contribution in [2.75, 3.05) is 0 Å². The third-order valence-corrected chi connectivity index (χ3v) is 3.04. The zero-order valence-electron chi connectivity index (χ0n) is 10.8. The lowest BCUT2D eigenvalue weighted by molar-refractivity contribution is -0.141. The van der Waals surface area contributed by atoms with Gasteiger partial charge in [0.1, 0.15) is 5.75 Å². The number of phenolic OH excluding ortho intramolecular Hbond substituents is 1. The number of phenols is 1. The minimum atomic E-state index is -0.837. The van der Waals surface area contributed by atoms with Crippen molar-refractivity contribution in [2.24, 2.45) is 5.92 Å². The molecule has 0 aliphatic carbocycles. The topological polar surface area (TPSA) is 57.5 Å². The van der Waals surface area contributed by atoms with E-state index in [1.54, 1.807) is 13.0 Å². The number of rotatable bonds is 4. The van der Waals surface area contributed by atoms with Crippen LogP contribution in [0.25, 0.3) is 0 Å². The van der Waals surface area contributed by atoms with Gasteiger partial charge in [0.05, 0.1) is 5.92 Å². The van der Waals surface area contributed by atoms with Crippen LogP contribution in [0.1, 0.15) is 43.4 Å². The SMILES string of the molecule is Cc1cc(O)c(CC(C)C(=O)O)cc1C(C)C. The van der Waals surface area contributed by atoms with E-state index in [1.165, 1.54) is 0 Å². The highest BCUT2D eigenvalue weighted by Crippen LogP contribution is 2.28. The minimum absolute atomic E-state index is 0.194. The van der Waals surface area contributed by atoms with E-state index in [4.69, 9.17) is 5.11 Å². The number of aliphatic carboxylic acids is 1. The number of aryl methyl sites for hydroxylation is 1. The second-order valence-electron chi connectivity index (χ2n) is 4.94. The van der Waals surface area contributed by atoms with Crippen LogP contribution >= 0.6 is 0 Å². The lowest BCUT2D eigenvalue weighted by Gasteiger charge is -2.15. The first-order chi connectivity index (χ1) is 7.82. The van der Waals surface area contributed by atoms with Crippen molar-refractivity contribution in [3.05, 3.63) is 28.8 Å². The highest BCUT2D eigenvalue weighted by molar-refractivity contribution is 5.70. The molecule has 0 aliphatic rings. The summed E-state index contributed by atoms with van der Waals surface area (Å²) in [6.07, 6.45) is 0.362. The Morgan fingerprint density at radius 2 is 1.88 bits per heavy atom. The summed E-state index contributed by atoms with van der Waals surface area (Å²) in [6, 6.07) is 3.65. The van der Waals surface area contributed by atoms with Gasteiger partial charge in [-0.3, -0.25) is 4.79 Å². The molecule has 0 bridgehead atoms. The zero-order valence-corrected chi connectivity index (χ0v) is 10.8.